The number of hydrogen-bond acceptors (Lipinski definition) is 2. The van der Waals surface area contributed by atoms with Crippen LogP contribution in [0.3, 0.4) is 0 Å². The van der Waals surface area contributed by atoms with E-state index in [1.807, 2.05) is 18.2 Å². The minimum atomic E-state index is -0.0723. The summed E-state index contributed by atoms with van der Waals surface area (Å²) in [6.07, 6.45) is 1.88. The Bertz CT molecular complexity index is 393. The maximum atomic E-state index is 11.5. The van der Waals surface area contributed by atoms with Crippen molar-refractivity contribution in [3.63, 3.8) is 0 Å². The Hall–Kier alpha value is -1.88. The van der Waals surface area contributed by atoms with Crippen LogP contribution in [0, 0.1) is 0 Å². The lowest BCUT2D eigenvalue weighted by molar-refractivity contribution is -0.633. The molecule has 0 fully saturated rings. The summed E-state index contributed by atoms with van der Waals surface area (Å²) in [5.74, 6) is -0.103. The summed E-state index contributed by atoms with van der Waals surface area (Å²) in [7, 11) is 1.58. The van der Waals surface area contributed by atoms with Gasteiger partial charge in [0.05, 0.1) is 0 Å². The highest BCUT2D eigenvalue weighted by molar-refractivity contribution is 5.78. The van der Waals surface area contributed by atoms with Gasteiger partial charge in [-0.05, 0) is 18.4 Å². The van der Waals surface area contributed by atoms with Gasteiger partial charge < -0.3 is 16.0 Å². The van der Waals surface area contributed by atoms with Gasteiger partial charge in [0.25, 0.3) is 11.8 Å². The van der Waals surface area contributed by atoms with E-state index >= 15 is 0 Å². The predicted molar refractivity (Wildman–Crippen MR) is 73.5 cm³/mol. The van der Waals surface area contributed by atoms with Gasteiger partial charge in [0.2, 0.25) is 0 Å². The molecule has 1 aromatic carbocycles. The maximum absolute atomic E-state index is 11.5. The maximum Gasteiger partial charge on any atom is 0.275 e. The number of nitrogens with one attached hydrogen (secondary N) is 2. The molecule has 104 valence electrons. The SMILES string of the molecule is CNC(=O)C[NH2+]CC(=O)NCCCc1ccccc1. The van der Waals surface area contributed by atoms with Crippen LogP contribution < -0.4 is 16.0 Å². The van der Waals surface area contributed by atoms with Crippen molar-refractivity contribution in [1.82, 2.24) is 10.6 Å². The average Bonchev–Trinajstić information content (AvgIpc) is 2.44. The molecule has 0 saturated heterocycles. The molecule has 19 heavy (non-hydrogen) atoms. The van der Waals surface area contributed by atoms with Gasteiger partial charge in [0, 0.05) is 13.6 Å². The second-order valence-electron chi connectivity index (χ2n) is 4.31. The van der Waals surface area contributed by atoms with Crippen molar-refractivity contribution in [2.45, 2.75) is 12.8 Å². The number of rotatable bonds is 8. The lowest BCUT2D eigenvalue weighted by atomic mass is 10.1. The van der Waals surface area contributed by atoms with Crippen LogP contribution in [0.5, 0.6) is 0 Å². The highest BCUT2D eigenvalue weighted by atomic mass is 16.2. The number of carbonyl (C=O) groups excluding carboxylic acids is 2. The van der Waals surface area contributed by atoms with Gasteiger partial charge >= 0.3 is 0 Å². The number of amides is 2. The van der Waals surface area contributed by atoms with Crippen molar-refractivity contribution in [2.24, 2.45) is 0 Å². The molecule has 0 aliphatic carbocycles. The number of likely N-dealkylation sites (N-methyl/N-ethyl adjacent to an activating group) is 1. The third-order valence-electron chi connectivity index (χ3n) is 2.75. The summed E-state index contributed by atoms with van der Waals surface area (Å²) in [5, 5.41) is 7.04. The predicted octanol–water partition coefficient (Wildman–Crippen LogP) is -0.955. The first-order chi connectivity index (χ1) is 9.22. The first-order valence-electron chi connectivity index (χ1n) is 6.55. The van der Waals surface area contributed by atoms with E-state index in [-0.39, 0.29) is 18.4 Å². The molecule has 0 radical (unpaired) electrons. The lowest BCUT2D eigenvalue weighted by Crippen LogP contribution is -2.88. The molecule has 0 atom stereocenters. The molecule has 0 saturated carbocycles. The van der Waals surface area contributed by atoms with Gasteiger partial charge in [-0.25, -0.2) is 0 Å². The number of quaternary nitrogens is 1. The molecule has 0 aliphatic heterocycles. The second kappa shape index (κ2) is 9.10. The number of aryl methyl sites for hydroxylation is 1. The summed E-state index contributed by atoms with van der Waals surface area (Å²) in [5.41, 5.74) is 1.28. The van der Waals surface area contributed by atoms with E-state index in [1.165, 1.54) is 5.56 Å². The van der Waals surface area contributed by atoms with Crippen molar-refractivity contribution < 1.29 is 14.9 Å². The Kier molecular flexibility index (Phi) is 7.27. The van der Waals surface area contributed by atoms with Crippen LogP contribution >= 0.6 is 0 Å². The topological polar surface area (TPSA) is 74.8 Å². The van der Waals surface area contributed by atoms with Crippen LogP contribution in [0.1, 0.15) is 12.0 Å². The monoisotopic (exact) mass is 264 g/mol. The molecule has 0 heterocycles. The fourth-order valence-electron chi connectivity index (χ4n) is 1.67. The Morgan fingerprint density at radius 2 is 1.79 bits per heavy atom. The van der Waals surface area contributed by atoms with E-state index < -0.39 is 0 Å². The molecule has 4 N–H and O–H groups in total. The van der Waals surface area contributed by atoms with Crippen LogP contribution in [0.15, 0.2) is 30.3 Å². The van der Waals surface area contributed by atoms with Gasteiger partial charge in [-0.1, -0.05) is 30.3 Å². The number of hydrogen-bond donors (Lipinski definition) is 3. The van der Waals surface area contributed by atoms with E-state index in [1.54, 1.807) is 12.4 Å². The van der Waals surface area contributed by atoms with Crippen molar-refractivity contribution in [1.29, 1.82) is 0 Å². The summed E-state index contributed by atoms with van der Waals surface area (Å²) < 4.78 is 0. The van der Waals surface area contributed by atoms with Crippen molar-refractivity contribution in [3.8, 4) is 0 Å². The Labute approximate surface area is 113 Å². The second-order valence-corrected chi connectivity index (χ2v) is 4.31. The summed E-state index contributed by atoms with van der Waals surface area (Å²) >= 11 is 0. The van der Waals surface area contributed by atoms with Crippen molar-refractivity contribution in [3.05, 3.63) is 35.9 Å². The fourth-order valence-corrected chi connectivity index (χ4v) is 1.67. The fraction of sp³-hybridized carbons (Fsp3) is 0.429. The Morgan fingerprint density at radius 1 is 1.11 bits per heavy atom. The molecule has 0 aliphatic rings. The van der Waals surface area contributed by atoms with E-state index in [9.17, 15) is 9.59 Å². The highest BCUT2D eigenvalue weighted by Gasteiger charge is 2.05. The Balaban J connectivity index is 2.03. The minimum absolute atomic E-state index is 0.0306. The van der Waals surface area contributed by atoms with Gasteiger partial charge in [-0.15, -0.1) is 0 Å². The highest BCUT2D eigenvalue weighted by Crippen LogP contribution is 2.01. The largest absolute Gasteiger partial charge is 0.354 e. The number of benzene rings is 1. The normalized spacial score (nSPS) is 9.95. The minimum Gasteiger partial charge on any atom is -0.354 e. The smallest absolute Gasteiger partial charge is 0.275 e. The van der Waals surface area contributed by atoms with Gasteiger partial charge in [0.15, 0.2) is 13.1 Å². The molecule has 0 spiro atoms. The van der Waals surface area contributed by atoms with Crippen LogP contribution in [-0.4, -0.2) is 38.5 Å². The van der Waals surface area contributed by atoms with E-state index in [4.69, 9.17) is 0 Å². The van der Waals surface area contributed by atoms with E-state index in [0.717, 1.165) is 12.8 Å². The van der Waals surface area contributed by atoms with Crippen LogP contribution in [0.2, 0.25) is 0 Å². The first kappa shape index (κ1) is 15.2. The molecule has 0 bridgehead atoms. The van der Waals surface area contributed by atoms with Crippen LogP contribution in [0.4, 0.5) is 0 Å². The molecule has 1 aromatic rings. The quantitative estimate of drug-likeness (QED) is 0.529. The molecule has 0 aromatic heterocycles. The molecular formula is C14H22N3O2+. The Morgan fingerprint density at radius 3 is 2.47 bits per heavy atom. The van der Waals surface area contributed by atoms with Gasteiger partial charge in [-0.3, -0.25) is 9.59 Å². The molecule has 0 unspecified atom stereocenters. The van der Waals surface area contributed by atoms with Gasteiger partial charge in [-0.2, -0.15) is 0 Å². The molecule has 1 rings (SSSR count). The lowest BCUT2D eigenvalue weighted by Gasteiger charge is -2.04. The van der Waals surface area contributed by atoms with E-state index in [0.29, 0.717) is 13.1 Å². The molecular weight excluding hydrogens is 242 g/mol. The standard InChI is InChI=1S/C14H21N3O2/c1-15-13(18)10-16-11-14(19)17-9-5-8-12-6-3-2-4-7-12/h2-4,6-7,16H,5,8-11H2,1H3,(H,15,18)(H,17,19)/p+1. The first-order valence-corrected chi connectivity index (χ1v) is 6.55. The zero-order chi connectivity index (χ0) is 13.9. The van der Waals surface area contributed by atoms with Crippen molar-refractivity contribution in [2.75, 3.05) is 26.7 Å². The molecule has 2 amide bonds. The third-order valence-corrected chi connectivity index (χ3v) is 2.75. The average molecular weight is 264 g/mol. The van der Waals surface area contributed by atoms with Crippen molar-refractivity contribution >= 4 is 11.8 Å². The summed E-state index contributed by atoms with van der Waals surface area (Å²) in [6, 6.07) is 10.2. The molecule has 5 nitrogen and oxygen atoms in total. The summed E-state index contributed by atoms with van der Waals surface area (Å²) in [4.78, 5) is 22.4. The zero-order valence-corrected chi connectivity index (χ0v) is 11.3. The van der Waals surface area contributed by atoms with Crippen LogP contribution in [-0.2, 0) is 16.0 Å². The number of carbonyl (C=O) groups is 2. The van der Waals surface area contributed by atoms with Crippen LogP contribution in [0.25, 0.3) is 0 Å². The molecule has 5 heteroatoms. The summed E-state index contributed by atoms with van der Waals surface area (Å²) in [6.45, 7) is 1.24. The van der Waals surface area contributed by atoms with Gasteiger partial charge in [0.1, 0.15) is 0 Å². The zero-order valence-electron chi connectivity index (χ0n) is 11.3. The van der Waals surface area contributed by atoms with E-state index in [2.05, 4.69) is 22.8 Å². The number of nitrogens with two attached hydrogens (primary N) is 1. The third kappa shape index (κ3) is 7.21.